The Kier molecular flexibility index (Phi) is 10.2. The van der Waals surface area contributed by atoms with Crippen LogP contribution >= 0.6 is 0 Å². The second-order valence-electron chi connectivity index (χ2n) is 4.16. The van der Waals surface area contributed by atoms with Gasteiger partial charge in [0.15, 0.2) is 0 Å². The van der Waals surface area contributed by atoms with Crippen molar-refractivity contribution < 1.29 is 0 Å². The summed E-state index contributed by atoms with van der Waals surface area (Å²) < 4.78 is 0. The van der Waals surface area contributed by atoms with Gasteiger partial charge in [0.05, 0.1) is 33.4 Å². The van der Waals surface area contributed by atoms with Crippen molar-refractivity contribution in [1.29, 1.82) is 0 Å². The van der Waals surface area contributed by atoms with Crippen LogP contribution in [0.5, 0.6) is 0 Å². The molecule has 0 fully saturated rings. The molecule has 0 amide bonds. The van der Waals surface area contributed by atoms with Crippen LogP contribution in [0.1, 0.15) is 74.9 Å². The molecule has 1 rings (SSSR count). The molecule has 0 radical (unpaired) electrons. The van der Waals surface area contributed by atoms with Gasteiger partial charge < -0.3 is 5.73 Å². The maximum atomic E-state index is 5.71. The molecule has 25 heavy (non-hydrogen) atoms. The number of benzene rings is 1. The largest absolute Gasteiger partial charge is 0.359 e. The van der Waals surface area contributed by atoms with Crippen LogP contribution in [0.25, 0.3) is 0 Å². The summed E-state index contributed by atoms with van der Waals surface area (Å²) in [4.78, 5) is 0. The zero-order valence-electron chi connectivity index (χ0n) is 15.7. The first-order valence-corrected chi connectivity index (χ1v) is 7.83. The Morgan fingerprint density at radius 3 is 1.08 bits per heavy atom. The molecule has 0 saturated heterocycles. The highest BCUT2D eigenvalue weighted by Crippen LogP contribution is 2.26. The number of nitrogens with two attached hydrogens (primary N) is 1. The fourth-order valence-electron chi connectivity index (χ4n) is 2.09. The lowest BCUT2D eigenvalue weighted by molar-refractivity contribution is 1.43. The van der Waals surface area contributed by atoms with Crippen molar-refractivity contribution in [3.8, 4) is 71.7 Å². The van der Waals surface area contributed by atoms with Crippen molar-refractivity contribution in [2.75, 3.05) is 0 Å². The first-order valence-electron chi connectivity index (χ1n) is 7.83. The number of hydrogen-bond donors (Lipinski definition) is 1. The van der Waals surface area contributed by atoms with Gasteiger partial charge in [0, 0.05) is 6.04 Å². The van der Waals surface area contributed by atoms with Gasteiger partial charge in [0.2, 0.25) is 0 Å². The summed E-state index contributed by atoms with van der Waals surface area (Å²) in [5, 5.41) is 0. The van der Waals surface area contributed by atoms with E-state index in [0.717, 1.165) is 0 Å². The third-order valence-electron chi connectivity index (χ3n) is 2.84. The second-order valence-corrected chi connectivity index (χ2v) is 4.16. The Labute approximate surface area is 152 Å². The van der Waals surface area contributed by atoms with Gasteiger partial charge >= 0.3 is 0 Å². The molecule has 0 spiro atoms. The van der Waals surface area contributed by atoms with Crippen molar-refractivity contribution >= 4 is 0 Å². The monoisotopic (exact) mass is 323 g/mol. The summed E-state index contributed by atoms with van der Waals surface area (Å²) in [6, 6.07) is 2.40. The fraction of sp³-hybridized carbons (Fsp3) is 0.250. The van der Waals surface area contributed by atoms with Gasteiger partial charge in [-0.25, -0.2) is 0 Å². The Hall–Kier alpha value is -3.62. The highest BCUT2D eigenvalue weighted by atomic mass is 14.5. The van der Waals surface area contributed by atoms with Crippen molar-refractivity contribution in [3.05, 3.63) is 33.4 Å². The van der Waals surface area contributed by atoms with Crippen LogP contribution in [0.15, 0.2) is 0 Å². The first-order chi connectivity index (χ1) is 12.2. The van der Waals surface area contributed by atoms with E-state index in [1.165, 1.54) is 0 Å². The SMILES string of the molecule is C#Cc1c(C#CC)c(C#CC)c(C#CC)c(C#CC)c1C#CN.CC. The highest BCUT2D eigenvalue weighted by molar-refractivity contribution is 5.76. The average Bonchev–Trinajstić information content (AvgIpc) is 2.63. The normalized spacial score (nSPS) is 6.92. The van der Waals surface area contributed by atoms with Gasteiger partial charge in [-0.05, 0) is 33.6 Å². The van der Waals surface area contributed by atoms with E-state index in [4.69, 9.17) is 12.2 Å². The molecule has 1 aromatic rings. The number of hydrogen-bond acceptors (Lipinski definition) is 1. The molecular weight excluding hydrogens is 302 g/mol. The number of terminal acetylenes is 1. The van der Waals surface area contributed by atoms with E-state index in [0.29, 0.717) is 33.4 Å². The molecule has 0 heterocycles. The molecule has 1 nitrogen and oxygen atoms in total. The molecule has 1 heteroatoms. The Bertz CT molecular complexity index is 923. The minimum atomic E-state index is 0.550. The van der Waals surface area contributed by atoms with Crippen LogP contribution in [0.4, 0.5) is 0 Å². The molecule has 122 valence electrons. The molecule has 0 saturated carbocycles. The fourth-order valence-corrected chi connectivity index (χ4v) is 2.09. The second kappa shape index (κ2) is 11.9. The van der Waals surface area contributed by atoms with Crippen molar-refractivity contribution in [1.82, 2.24) is 0 Å². The molecule has 0 aliphatic rings. The van der Waals surface area contributed by atoms with Crippen LogP contribution in [0.2, 0.25) is 0 Å². The quantitative estimate of drug-likeness (QED) is 0.574. The molecule has 0 aliphatic carbocycles. The van der Waals surface area contributed by atoms with Crippen LogP contribution < -0.4 is 5.73 Å². The van der Waals surface area contributed by atoms with E-state index in [9.17, 15) is 0 Å². The summed E-state index contributed by atoms with van der Waals surface area (Å²) in [6.07, 6.45) is 5.71. The lowest BCUT2D eigenvalue weighted by Gasteiger charge is -2.11. The van der Waals surface area contributed by atoms with Crippen LogP contribution in [-0.2, 0) is 0 Å². The zero-order valence-corrected chi connectivity index (χ0v) is 15.7. The Morgan fingerprint density at radius 2 is 0.840 bits per heavy atom. The average molecular weight is 323 g/mol. The summed E-state index contributed by atoms with van der Waals surface area (Å²) >= 11 is 0. The molecule has 0 unspecified atom stereocenters. The molecule has 0 bridgehead atoms. The van der Waals surface area contributed by atoms with E-state index in [2.05, 4.69) is 65.2 Å². The molecule has 0 atom stereocenters. The zero-order chi connectivity index (χ0) is 19.2. The number of rotatable bonds is 0. The van der Waals surface area contributed by atoms with Crippen LogP contribution in [-0.4, -0.2) is 0 Å². The molecule has 2 N–H and O–H groups in total. The van der Waals surface area contributed by atoms with E-state index >= 15 is 0 Å². The maximum Gasteiger partial charge on any atom is 0.0603 e. The molecule has 0 aromatic heterocycles. The van der Waals surface area contributed by atoms with Crippen molar-refractivity contribution in [2.45, 2.75) is 41.5 Å². The Morgan fingerprint density at radius 1 is 0.560 bits per heavy atom. The van der Waals surface area contributed by atoms with Crippen molar-refractivity contribution in [3.63, 3.8) is 0 Å². The highest BCUT2D eigenvalue weighted by Gasteiger charge is 2.19. The van der Waals surface area contributed by atoms with E-state index < -0.39 is 0 Å². The Balaban J connectivity index is 0.00000277. The predicted octanol–water partition coefficient (Wildman–Crippen LogP) is 3.45. The summed E-state index contributed by atoms with van der Waals surface area (Å²) in [5.74, 6) is 29.2. The van der Waals surface area contributed by atoms with Gasteiger partial charge in [-0.1, -0.05) is 43.4 Å². The van der Waals surface area contributed by atoms with Crippen molar-refractivity contribution in [2.24, 2.45) is 5.73 Å². The third-order valence-corrected chi connectivity index (χ3v) is 2.84. The standard InChI is InChI=1S/C22H15N.C2H6/c1-6-11-18-17(10-5)22(15-16-23)21(14-9-4)20(13-8-3)19(18)12-7-2;1-2/h5H,23H2,1-4H3;1-2H3. The summed E-state index contributed by atoms with van der Waals surface area (Å²) in [5.41, 5.74) is 9.19. The van der Waals surface area contributed by atoms with Crippen LogP contribution in [0.3, 0.4) is 0 Å². The minimum absolute atomic E-state index is 0.550. The molecular formula is C24H21N. The summed E-state index contributed by atoms with van der Waals surface area (Å²) in [7, 11) is 0. The van der Waals surface area contributed by atoms with E-state index in [1.807, 2.05) is 13.8 Å². The summed E-state index contributed by atoms with van der Waals surface area (Å²) in [6.45, 7) is 11.0. The van der Waals surface area contributed by atoms with Gasteiger partial charge in [-0.3, -0.25) is 0 Å². The maximum absolute atomic E-state index is 5.71. The van der Waals surface area contributed by atoms with Crippen LogP contribution in [0, 0.1) is 71.7 Å². The first kappa shape index (κ1) is 21.4. The predicted molar refractivity (Wildman–Crippen MR) is 107 cm³/mol. The lowest BCUT2D eigenvalue weighted by atomic mass is 9.87. The topological polar surface area (TPSA) is 26.0 Å². The van der Waals surface area contributed by atoms with Gasteiger partial charge in [-0.15, -0.1) is 30.1 Å². The third kappa shape index (κ3) is 4.93. The van der Waals surface area contributed by atoms with E-state index in [-0.39, 0.29) is 0 Å². The smallest absolute Gasteiger partial charge is 0.0603 e. The van der Waals surface area contributed by atoms with Gasteiger partial charge in [0.1, 0.15) is 0 Å². The lowest BCUT2D eigenvalue weighted by Crippen LogP contribution is -2.04. The van der Waals surface area contributed by atoms with E-state index in [1.54, 1.807) is 27.7 Å². The molecule has 1 aromatic carbocycles. The van der Waals surface area contributed by atoms with Gasteiger partial charge in [0.25, 0.3) is 0 Å². The molecule has 0 aliphatic heterocycles. The van der Waals surface area contributed by atoms with Gasteiger partial charge in [-0.2, -0.15) is 0 Å². The minimum Gasteiger partial charge on any atom is -0.359 e.